The number of hydrogen-bond donors (Lipinski definition) is 2. The number of rotatable bonds is 5. The average Bonchev–Trinajstić information content (AvgIpc) is 2.85. The Kier molecular flexibility index (Phi) is 6.57. The van der Waals surface area contributed by atoms with E-state index in [4.69, 9.17) is 5.11 Å². The minimum atomic E-state index is -0.845. The van der Waals surface area contributed by atoms with E-state index in [1.54, 1.807) is 4.90 Å². The van der Waals surface area contributed by atoms with Crippen LogP contribution in [0.15, 0.2) is 42.5 Å². The van der Waals surface area contributed by atoms with Gasteiger partial charge in [0.15, 0.2) is 0 Å². The standard InChI is InChI=1S/C27H33N3O4/c31-24(17-28-11-7-19-3-1-2-4-23(19)16-28)18-30-14-10-22-15-21(5-6-25(22)26(30)32)20-8-12-29(13-9-20)27(33)34/h1-6,15,20,24,31H,7-14,16-18H2,(H,33,34)/t24-/m1/s1. The van der Waals surface area contributed by atoms with Gasteiger partial charge in [-0.2, -0.15) is 0 Å². The molecule has 2 amide bonds. The Balaban J connectivity index is 1.17. The number of likely N-dealkylation sites (tertiary alicyclic amines) is 1. The van der Waals surface area contributed by atoms with Gasteiger partial charge >= 0.3 is 6.09 Å². The minimum absolute atomic E-state index is 0.00321. The van der Waals surface area contributed by atoms with Crippen molar-refractivity contribution in [2.45, 2.75) is 44.2 Å². The van der Waals surface area contributed by atoms with Crippen molar-refractivity contribution in [2.24, 2.45) is 0 Å². The highest BCUT2D eigenvalue weighted by molar-refractivity contribution is 5.96. The van der Waals surface area contributed by atoms with Crippen molar-refractivity contribution >= 4 is 12.0 Å². The molecule has 1 atom stereocenters. The summed E-state index contributed by atoms with van der Waals surface area (Å²) in [4.78, 5) is 29.8. The van der Waals surface area contributed by atoms with Gasteiger partial charge in [0.2, 0.25) is 0 Å². The lowest BCUT2D eigenvalue weighted by atomic mass is 9.86. The summed E-state index contributed by atoms with van der Waals surface area (Å²) >= 11 is 0. The van der Waals surface area contributed by atoms with Crippen molar-refractivity contribution in [3.8, 4) is 0 Å². The number of carbonyl (C=O) groups excluding carboxylic acids is 1. The molecule has 3 heterocycles. The van der Waals surface area contributed by atoms with Gasteiger partial charge in [-0.15, -0.1) is 0 Å². The molecule has 0 bridgehead atoms. The topological polar surface area (TPSA) is 84.3 Å². The molecule has 0 radical (unpaired) electrons. The van der Waals surface area contributed by atoms with Crippen LogP contribution in [0.25, 0.3) is 0 Å². The Labute approximate surface area is 200 Å². The fraction of sp³-hybridized carbons (Fsp3) is 0.481. The van der Waals surface area contributed by atoms with Gasteiger partial charge in [0.05, 0.1) is 6.10 Å². The van der Waals surface area contributed by atoms with Gasteiger partial charge in [0, 0.05) is 51.4 Å². The maximum Gasteiger partial charge on any atom is 0.407 e. The minimum Gasteiger partial charge on any atom is -0.465 e. The molecule has 3 aliphatic rings. The van der Waals surface area contributed by atoms with E-state index in [1.807, 2.05) is 12.1 Å². The van der Waals surface area contributed by atoms with Crippen LogP contribution in [0.1, 0.15) is 51.4 Å². The molecule has 34 heavy (non-hydrogen) atoms. The van der Waals surface area contributed by atoms with Gasteiger partial charge in [0.1, 0.15) is 0 Å². The Hall–Kier alpha value is -2.90. The summed E-state index contributed by atoms with van der Waals surface area (Å²) in [6.45, 7) is 4.43. The Morgan fingerprint density at radius 1 is 0.941 bits per heavy atom. The number of amides is 2. The third-order valence-corrected chi connectivity index (χ3v) is 7.64. The number of fused-ring (bicyclic) bond motifs is 2. The van der Waals surface area contributed by atoms with Crippen molar-refractivity contribution in [1.29, 1.82) is 0 Å². The smallest absolute Gasteiger partial charge is 0.407 e. The van der Waals surface area contributed by atoms with Crippen molar-refractivity contribution in [2.75, 3.05) is 39.3 Å². The number of carboxylic acid groups (broad SMARTS) is 1. The third kappa shape index (κ3) is 4.81. The summed E-state index contributed by atoms with van der Waals surface area (Å²) in [6, 6.07) is 14.6. The second-order valence-electron chi connectivity index (χ2n) is 9.87. The van der Waals surface area contributed by atoms with Crippen molar-refractivity contribution in [3.05, 3.63) is 70.3 Å². The predicted octanol–water partition coefficient (Wildman–Crippen LogP) is 2.96. The van der Waals surface area contributed by atoms with Crippen molar-refractivity contribution in [1.82, 2.24) is 14.7 Å². The molecule has 7 heteroatoms. The Morgan fingerprint density at radius 2 is 1.68 bits per heavy atom. The number of aliphatic hydroxyl groups is 1. The molecule has 0 spiro atoms. The average molecular weight is 464 g/mol. The quantitative estimate of drug-likeness (QED) is 0.712. The maximum atomic E-state index is 13.1. The molecule has 2 aromatic carbocycles. The molecule has 2 N–H and O–H groups in total. The molecule has 1 saturated heterocycles. The summed E-state index contributed by atoms with van der Waals surface area (Å²) in [5, 5.41) is 19.9. The highest BCUT2D eigenvalue weighted by Crippen LogP contribution is 2.31. The van der Waals surface area contributed by atoms with E-state index < -0.39 is 12.2 Å². The lowest BCUT2D eigenvalue weighted by Crippen LogP contribution is -2.46. The summed E-state index contributed by atoms with van der Waals surface area (Å²) in [5.74, 6) is 0.335. The van der Waals surface area contributed by atoms with Gasteiger partial charge in [-0.1, -0.05) is 36.4 Å². The van der Waals surface area contributed by atoms with Crippen LogP contribution in [0.2, 0.25) is 0 Å². The van der Waals surface area contributed by atoms with Gasteiger partial charge < -0.3 is 20.0 Å². The number of nitrogens with zero attached hydrogens (tertiary/aromatic N) is 3. The van der Waals surface area contributed by atoms with Gasteiger partial charge in [-0.05, 0) is 59.9 Å². The van der Waals surface area contributed by atoms with E-state index in [1.165, 1.54) is 21.6 Å². The molecular weight excluding hydrogens is 430 g/mol. The van der Waals surface area contributed by atoms with Crippen LogP contribution < -0.4 is 0 Å². The molecule has 0 aliphatic carbocycles. The molecule has 0 aromatic heterocycles. The fourth-order valence-electron chi connectivity index (χ4n) is 5.71. The number of benzene rings is 2. The lowest BCUT2D eigenvalue weighted by molar-refractivity contribution is 0.0492. The normalized spacial score (nSPS) is 20.1. The molecule has 1 fully saturated rings. The van der Waals surface area contributed by atoms with Crippen molar-refractivity contribution < 1.29 is 19.8 Å². The second kappa shape index (κ2) is 9.76. The van der Waals surface area contributed by atoms with Crippen LogP contribution in [-0.4, -0.2) is 82.3 Å². The lowest BCUT2D eigenvalue weighted by Gasteiger charge is -2.34. The first-order valence-corrected chi connectivity index (χ1v) is 12.3. The van der Waals surface area contributed by atoms with Crippen molar-refractivity contribution in [3.63, 3.8) is 0 Å². The predicted molar refractivity (Wildman–Crippen MR) is 129 cm³/mol. The highest BCUT2D eigenvalue weighted by Gasteiger charge is 2.29. The summed E-state index contributed by atoms with van der Waals surface area (Å²) < 4.78 is 0. The summed E-state index contributed by atoms with van der Waals surface area (Å²) in [7, 11) is 0. The van der Waals surface area contributed by atoms with Crippen LogP contribution >= 0.6 is 0 Å². The second-order valence-corrected chi connectivity index (χ2v) is 9.87. The summed E-state index contributed by atoms with van der Waals surface area (Å²) in [5.41, 5.74) is 5.73. The number of hydrogen-bond acceptors (Lipinski definition) is 4. The number of carbonyl (C=O) groups is 2. The number of piperidine rings is 1. The van der Waals surface area contributed by atoms with Crippen LogP contribution in [0, 0.1) is 0 Å². The zero-order valence-electron chi connectivity index (χ0n) is 19.5. The Morgan fingerprint density at radius 3 is 2.44 bits per heavy atom. The number of β-amino-alcohol motifs (C(OH)–C–C–N with tert-alkyl or cyclic N) is 1. The largest absolute Gasteiger partial charge is 0.465 e. The molecule has 180 valence electrons. The first kappa shape index (κ1) is 22.9. The van der Waals surface area contributed by atoms with Gasteiger partial charge in [-0.25, -0.2) is 4.79 Å². The monoisotopic (exact) mass is 463 g/mol. The van der Waals surface area contributed by atoms with Gasteiger partial charge in [0.25, 0.3) is 5.91 Å². The van der Waals surface area contributed by atoms with Crippen LogP contribution in [0.5, 0.6) is 0 Å². The Bertz CT molecular complexity index is 1060. The first-order valence-electron chi connectivity index (χ1n) is 12.3. The molecule has 7 nitrogen and oxygen atoms in total. The maximum absolute atomic E-state index is 13.1. The van der Waals surface area contributed by atoms with E-state index in [-0.39, 0.29) is 5.91 Å². The van der Waals surface area contributed by atoms with E-state index >= 15 is 0 Å². The van der Waals surface area contributed by atoms with Gasteiger partial charge in [-0.3, -0.25) is 9.69 Å². The van der Waals surface area contributed by atoms with Crippen LogP contribution in [0.4, 0.5) is 4.79 Å². The molecule has 0 unspecified atom stereocenters. The van der Waals surface area contributed by atoms with Crippen LogP contribution in [-0.2, 0) is 19.4 Å². The fourth-order valence-corrected chi connectivity index (χ4v) is 5.71. The van der Waals surface area contributed by atoms with E-state index in [0.717, 1.165) is 49.9 Å². The SMILES string of the molecule is O=C(O)N1CCC(c2ccc3c(c2)CCN(C[C@H](O)CN2CCc4ccccc4C2)C3=O)CC1. The molecule has 2 aromatic rings. The summed E-state index contributed by atoms with van der Waals surface area (Å²) in [6.07, 6.45) is 2.00. The third-order valence-electron chi connectivity index (χ3n) is 7.64. The van der Waals surface area contributed by atoms with Crippen LogP contribution in [0.3, 0.4) is 0 Å². The molecule has 0 saturated carbocycles. The van der Waals surface area contributed by atoms with E-state index in [0.29, 0.717) is 38.6 Å². The van der Waals surface area contributed by atoms with E-state index in [9.17, 15) is 14.7 Å². The molecular formula is C27H33N3O4. The zero-order chi connectivity index (χ0) is 23.7. The number of aliphatic hydroxyl groups excluding tert-OH is 1. The molecule has 5 rings (SSSR count). The zero-order valence-corrected chi connectivity index (χ0v) is 19.5. The van der Waals surface area contributed by atoms with E-state index in [2.05, 4.69) is 35.2 Å². The highest BCUT2D eigenvalue weighted by atomic mass is 16.4. The molecule has 3 aliphatic heterocycles. The first-order chi connectivity index (χ1) is 16.5.